The van der Waals surface area contributed by atoms with Crippen molar-refractivity contribution in [1.82, 2.24) is 14.9 Å². The Morgan fingerprint density at radius 2 is 1.91 bits per heavy atom. The lowest BCUT2D eigenvalue weighted by Gasteiger charge is -2.29. The lowest BCUT2D eigenvalue weighted by molar-refractivity contribution is -0.166. The SMILES string of the molecule is CCCC#Cc1c(-c2ccc(CNC3(C(F)(F)F)CC3)cc2)n(C2CCC2)c2ncc(C)cc12. The molecule has 2 heterocycles. The van der Waals surface area contributed by atoms with Crippen LogP contribution in [-0.2, 0) is 6.54 Å². The molecule has 0 aliphatic heterocycles. The van der Waals surface area contributed by atoms with Crippen LogP contribution in [0.4, 0.5) is 13.2 Å². The molecular weight excluding hydrogens is 435 g/mol. The van der Waals surface area contributed by atoms with Crippen LogP contribution in [0.5, 0.6) is 0 Å². The zero-order valence-electron chi connectivity index (χ0n) is 19.7. The Balaban J connectivity index is 1.53. The summed E-state index contributed by atoms with van der Waals surface area (Å²) in [5, 5.41) is 3.82. The molecule has 0 radical (unpaired) electrons. The van der Waals surface area contributed by atoms with Crippen molar-refractivity contribution < 1.29 is 13.2 Å². The quantitative estimate of drug-likeness (QED) is 0.395. The van der Waals surface area contributed by atoms with E-state index in [2.05, 4.69) is 34.7 Å². The first-order chi connectivity index (χ1) is 16.3. The monoisotopic (exact) mass is 465 g/mol. The lowest BCUT2D eigenvalue weighted by atomic mass is 9.92. The minimum absolute atomic E-state index is 0.155. The smallest absolute Gasteiger partial charge is 0.321 e. The van der Waals surface area contributed by atoms with Gasteiger partial charge >= 0.3 is 6.18 Å². The van der Waals surface area contributed by atoms with Gasteiger partial charge in [0.15, 0.2) is 0 Å². The van der Waals surface area contributed by atoms with Crippen molar-refractivity contribution >= 4 is 11.0 Å². The van der Waals surface area contributed by atoms with E-state index >= 15 is 0 Å². The predicted molar refractivity (Wildman–Crippen MR) is 129 cm³/mol. The molecule has 0 amide bonds. The van der Waals surface area contributed by atoms with Gasteiger partial charge in [-0.3, -0.25) is 5.32 Å². The topological polar surface area (TPSA) is 29.9 Å². The Morgan fingerprint density at radius 3 is 2.50 bits per heavy atom. The molecule has 6 heteroatoms. The lowest BCUT2D eigenvalue weighted by Crippen LogP contribution is -2.44. The van der Waals surface area contributed by atoms with Crippen LogP contribution in [0.2, 0.25) is 0 Å². The van der Waals surface area contributed by atoms with Crippen LogP contribution in [0, 0.1) is 18.8 Å². The average Bonchev–Trinajstić information content (AvgIpc) is 3.52. The van der Waals surface area contributed by atoms with Crippen LogP contribution in [0.15, 0.2) is 36.5 Å². The summed E-state index contributed by atoms with van der Waals surface area (Å²) >= 11 is 0. The summed E-state index contributed by atoms with van der Waals surface area (Å²) in [6.45, 7) is 4.37. The van der Waals surface area contributed by atoms with E-state index in [1.807, 2.05) is 37.4 Å². The summed E-state index contributed by atoms with van der Waals surface area (Å²) in [5.41, 5.74) is 4.33. The van der Waals surface area contributed by atoms with Gasteiger partial charge in [0.05, 0.1) is 11.3 Å². The van der Waals surface area contributed by atoms with Crippen LogP contribution in [-0.4, -0.2) is 21.3 Å². The number of fused-ring (bicyclic) bond motifs is 1. The van der Waals surface area contributed by atoms with Gasteiger partial charge in [0, 0.05) is 30.6 Å². The fourth-order valence-corrected chi connectivity index (χ4v) is 4.72. The number of benzene rings is 1. The molecule has 2 saturated carbocycles. The van der Waals surface area contributed by atoms with Crippen LogP contribution in [0.3, 0.4) is 0 Å². The van der Waals surface area contributed by atoms with Gasteiger partial charge in [-0.1, -0.05) is 43.0 Å². The number of aromatic nitrogens is 2. The van der Waals surface area contributed by atoms with Crippen molar-refractivity contribution in [1.29, 1.82) is 0 Å². The van der Waals surface area contributed by atoms with Gasteiger partial charge in [-0.05, 0) is 68.2 Å². The second kappa shape index (κ2) is 8.78. The Morgan fingerprint density at radius 1 is 1.18 bits per heavy atom. The van der Waals surface area contributed by atoms with E-state index in [1.165, 1.54) is 6.42 Å². The molecule has 3 nitrogen and oxygen atoms in total. The van der Waals surface area contributed by atoms with Gasteiger partial charge in [0.2, 0.25) is 0 Å². The van der Waals surface area contributed by atoms with E-state index in [9.17, 15) is 13.2 Å². The Labute approximate surface area is 198 Å². The standard InChI is InChI=1S/C28H30F3N3/c1-3-4-5-9-23-24-16-19(2)17-32-26(24)34(22-7-6-8-22)25(23)21-12-10-20(11-13-21)18-33-27(14-15-27)28(29,30)31/h10-13,16-17,22,33H,3-4,6-8,14-15,18H2,1-2H3. The van der Waals surface area contributed by atoms with Crippen molar-refractivity contribution in [3.05, 3.63) is 53.2 Å². The Hall–Kier alpha value is -2.78. The molecule has 0 unspecified atom stereocenters. The molecule has 5 rings (SSSR count). The molecule has 178 valence electrons. The van der Waals surface area contributed by atoms with E-state index in [1.54, 1.807) is 0 Å². The summed E-state index contributed by atoms with van der Waals surface area (Å²) in [5.74, 6) is 6.77. The average molecular weight is 466 g/mol. The maximum atomic E-state index is 13.3. The molecule has 34 heavy (non-hydrogen) atoms. The summed E-state index contributed by atoms with van der Waals surface area (Å²) in [4.78, 5) is 4.80. The number of nitrogens with one attached hydrogen (secondary N) is 1. The van der Waals surface area contributed by atoms with Gasteiger partial charge in [-0.2, -0.15) is 13.2 Å². The number of aryl methyl sites for hydroxylation is 1. The summed E-state index contributed by atoms with van der Waals surface area (Å²) in [7, 11) is 0. The van der Waals surface area contributed by atoms with Gasteiger partial charge in [-0.25, -0.2) is 4.98 Å². The van der Waals surface area contributed by atoms with Gasteiger partial charge in [0.1, 0.15) is 11.2 Å². The van der Waals surface area contributed by atoms with E-state index in [4.69, 9.17) is 4.98 Å². The molecule has 2 aromatic heterocycles. The third-order valence-corrected chi connectivity index (χ3v) is 7.16. The largest absolute Gasteiger partial charge is 0.406 e. The Bertz CT molecular complexity index is 1250. The summed E-state index contributed by atoms with van der Waals surface area (Å²) in [6.07, 6.45) is 3.30. The normalized spacial score (nSPS) is 17.3. The number of halogens is 3. The van der Waals surface area contributed by atoms with Gasteiger partial charge in [-0.15, -0.1) is 0 Å². The number of alkyl halides is 3. The molecular formula is C28H30F3N3. The van der Waals surface area contributed by atoms with Crippen molar-refractivity contribution in [2.75, 3.05) is 0 Å². The second-order valence-corrected chi connectivity index (χ2v) is 9.74. The van der Waals surface area contributed by atoms with Crippen LogP contribution < -0.4 is 5.32 Å². The molecule has 3 aromatic rings. The number of hydrogen-bond acceptors (Lipinski definition) is 2. The van der Waals surface area contributed by atoms with E-state index < -0.39 is 11.7 Å². The number of unbranched alkanes of at least 4 members (excludes halogenated alkanes) is 1. The number of rotatable bonds is 6. The summed E-state index contributed by atoms with van der Waals surface area (Å²) < 4.78 is 42.1. The highest BCUT2D eigenvalue weighted by Gasteiger charge is 2.62. The first-order valence-electron chi connectivity index (χ1n) is 12.2. The maximum Gasteiger partial charge on any atom is 0.406 e. The van der Waals surface area contributed by atoms with Gasteiger partial charge in [0.25, 0.3) is 0 Å². The van der Waals surface area contributed by atoms with E-state index in [-0.39, 0.29) is 19.4 Å². The third kappa shape index (κ3) is 4.11. The highest BCUT2D eigenvalue weighted by Crippen LogP contribution is 2.49. The van der Waals surface area contributed by atoms with Crippen molar-refractivity contribution in [3.63, 3.8) is 0 Å². The molecule has 1 aromatic carbocycles. The number of nitrogens with zero attached hydrogens (tertiary/aromatic N) is 2. The second-order valence-electron chi connectivity index (χ2n) is 9.74. The van der Waals surface area contributed by atoms with E-state index in [0.29, 0.717) is 6.04 Å². The van der Waals surface area contributed by atoms with Gasteiger partial charge < -0.3 is 4.57 Å². The minimum Gasteiger partial charge on any atom is -0.321 e. The number of hydrogen-bond donors (Lipinski definition) is 1. The first kappa shape index (κ1) is 23.0. The van der Waals surface area contributed by atoms with Crippen molar-refractivity contribution in [2.24, 2.45) is 0 Å². The van der Waals surface area contributed by atoms with Crippen LogP contribution in [0.25, 0.3) is 22.3 Å². The molecule has 0 atom stereocenters. The number of pyridine rings is 1. The van der Waals surface area contributed by atoms with Crippen LogP contribution >= 0.6 is 0 Å². The Kier molecular flexibility index (Phi) is 5.93. The predicted octanol–water partition coefficient (Wildman–Crippen LogP) is 7.07. The van der Waals surface area contributed by atoms with Crippen molar-refractivity contribution in [3.8, 4) is 23.1 Å². The first-order valence-corrected chi connectivity index (χ1v) is 12.2. The van der Waals surface area contributed by atoms with E-state index in [0.717, 1.165) is 64.7 Å². The zero-order chi connectivity index (χ0) is 23.9. The maximum absolute atomic E-state index is 13.3. The molecule has 0 saturated heterocycles. The summed E-state index contributed by atoms with van der Waals surface area (Å²) in [6, 6.07) is 10.5. The molecule has 0 bridgehead atoms. The molecule has 0 spiro atoms. The highest BCUT2D eigenvalue weighted by molar-refractivity contribution is 5.93. The zero-order valence-corrected chi connectivity index (χ0v) is 19.7. The minimum atomic E-state index is -4.20. The van der Waals surface area contributed by atoms with Crippen LogP contribution in [0.1, 0.15) is 74.6 Å². The molecule has 2 fully saturated rings. The molecule has 1 N–H and O–H groups in total. The molecule has 2 aliphatic carbocycles. The fraction of sp³-hybridized carbons (Fsp3) is 0.464. The van der Waals surface area contributed by atoms with Crippen molar-refractivity contribution in [2.45, 2.75) is 83.1 Å². The fourth-order valence-electron chi connectivity index (χ4n) is 4.72. The molecule has 2 aliphatic rings. The third-order valence-electron chi connectivity index (χ3n) is 7.16. The highest BCUT2D eigenvalue weighted by atomic mass is 19.4.